The molecule has 338 valence electrons. The molecule has 10 heteroatoms. The minimum Gasteiger partial charge on any atom is -0.462 e. The normalized spacial score (nSPS) is 14.0. The van der Waals surface area contributed by atoms with Crippen molar-refractivity contribution in [2.45, 2.75) is 200 Å². The molecule has 0 fully saturated rings. The lowest BCUT2D eigenvalue weighted by Gasteiger charge is -2.24. The van der Waals surface area contributed by atoms with Gasteiger partial charge in [0.1, 0.15) is 19.8 Å². The first-order valence-electron chi connectivity index (χ1n) is 23.4. The van der Waals surface area contributed by atoms with Crippen LogP contribution in [0.3, 0.4) is 0 Å². The first-order chi connectivity index (χ1) is 28.0. The van der Waals surface area contributed by atoms with Crippen LogP contribution in [0.5, 0.6) is 0 Å². The number of unbranched alkanes of at least 4 members (excludes halogenated alkanes) is 20. The van der Waals surface area contributed by atoms with Gasteiger partial charge in [0.05, 0.1) is 27.7 Å². The first kappa shape index (κ1) is 56.0. The van der Waals surface area contributed by atoms with Crippen molar-refractivity contribution in [2.75, 3.05) is 47.5 Å². The van der Waals surface area contributed by atoms with Crippen LogP contribution in [0.15, 0.2) is 48.6 Å². The van der Waals surface area contributed by atoms with E-state index in [0.717, 1.165) is 70.6 Å². The second-order valence-electron chi connectivity index (χ2n) is 16.8. The molecule has 2 atom stereocenters. The summed E-state index contributed by atoms with van der Waals surface area (Å²) in [6.45, 7) is 4.36. The van der Waals surface area contributed by atoms with E-state index in [4.69, 9.17) is 18.5 Å². The summed E-state index contributed by atoms with van der Waals surface area (Å²) in [4.78, 5) is 35.4. The van der Waals surface area contributed by atoms with Crippen molar-refractivity contribution in [3.63, 3.8) is 0 Å². The second kappa shape index (κ2) is 40.4. The highest BCUT2D eigenvalue weighted by Crippen LogP contribution is 2.43. The Hall–Kier alpha value is -2.03. The van der Waals surface area contributed by atoms with E-state index in [0.29, 0.717) is 17.4 Å². The Morgan fingerprint density at radius 1 is 0.534 bits per heavy atom. The summed E-state index contributed by atoms with van der Waals surface area (Å²) >= 11 is 0. The minimum absolute atomic E-state index is 0.0252. The summed E-state index contributed by atoms with van der Waals surface area (Å²) in [6, 6.07) is 0. The molecule has 58 heavy (non-hydrogen) atoms. The van der Waals surface area contributed by atoms with Crippen molar-refractivity contribution >= 4 is 19.8 Å². The maximum atomic E-state index is 12.7. The number of nitrogens with zero attached hydrogens (tertiary/aromatic N) is 1. The number of hydrogen-bond donors (Lipinski definition) is 1. The van der Waals surface area contributed by atoms with Gasteiger partial charge in [0, 0.05) is 12.8 Å². The molecule has 0 aromatic heterocycles. The number of likely N-dealkylation sites (N-methyl/N-ethyl adjacent to an activating group) is 1. The van der Waals surface area contributed by atoms with Gasteiger partial charge < -0.3 is 18.9 Å². The van der Waals surface area contributed by atoms with Gasteiger partial charge in [-0.1, -0.05) is 152 Å². The predicted octanol–water partition coefficient (Wildman–Crippen LogP) is 13.5. The molecular formula is C48H89NO8P+. The Balaban J connectivity index is 4.38. The smallest absolute Gasteiger partial charge is 0.462 e. The fourth-order valence-corrected chi connectivity index (χ4v) is 6.87. The Kier molecular flexibility index (Phi) is 39.0. The van der Waals surface area contributed by atoms with Gasteiger partial charge in [-0.05, 0) is 77.0 Å². The second-order valence-corrected chi connectivity index (χ2v) is 18.2. The Morgan fingerprint density at radius 2 is 0.931 bits per heavy atom. The Bertz CT molecular complexity index is 1130. The van der Waals surface area contributed by atoms with Crippen molar-refractivity contribution in [3.05, 3.63) is 48.6 Å². The molecule has 0 aliphatic heterocycles. The Labute approximate surface area is 356 Å². The molecule has 0 aromatic rings. The molecule has 0 heterocycles. The van der Waals surface area contributed by atoms with Crippen molar-refractivity contribution < 1.29 is 42.1 Å². The van der Waals surface area contributed by atoms with E-state index in [9.17, 15) is 19.0 Å². The van der Waals surface area contributed by atoms with Gasteiger partial charge >= 0.3 is 19.8 Å². The number of phosphoric acid groups is 1. The number of carbonyl (C=O) groups excluding carboxylic acids is 2. The van der Waals surface area contributed by atoms with Crippen LogP contribution in [0.25, 0.3) is 0 Å². The van der Waals surface area contributed by atoms with Crippen molar-refractivity contribution in [1.82, 2.24) is 0 Å². The summed E-state index contributed by atoms with van der Waals surface area (Å²) in [5.41, 5.74) is 0. The highest BCUT2D eigenvalue weighted by atomic mass is 31.2. The minimum atomic E-state index is -4.38. The lowest BCUT2D eigenvalue weighted by Crippen LogP contribution is -2.37. The zero-order valence-corrected chi connectivity index (χ0v) is 38.9. The predicted molar refractivity (Wildman–Crippen MR) is 243 cm³/mol. The molecule has 0 aliphatic rings. The van der Waals surface area contributed by atoms with Crippen LogP contribution in [-0.2, 0) is 32.7 Å². The zero-order chi connectivity index (χ0) is 42.8. The highest BCUT2D eigenvalue weighted by molar-refractivity contribution is 7.47. The van der Waals surface area contributed by atoms with E-state index in [1.54, 1.807) is 0 Å². The fourth-order valence-electron chi connectivity index (χ4n) is 6.13. The largest absolute Gasteiger partial charge is 0.472 e. The summed E-state index contributed by atoms with van der Waals surface area (Å²) in [6.07, 6.45) is 47.2. The number of esters is 2. The summed E-state index contributed by atoms with van der Waals surface area (Å²) in [5, 5.41) is 0. The number of hydrogen-bond acceptors (Lipinski definition) is 7. The van der Waals surface area contributed by atoms with Crippen LogP contribution in [0, 0.1) is 0 Å². The molecular weight excluding hydrogens is 750 g/mol. The third-order valence-corrected chi connectivity index (χ3v) is 10.8. The van der Waals surface area contributed by atoms with E-state index in [2.05, 4.69) is 62.5 Å². The maximum absolute atomic E-state index is 12.7. The molecule has 0 amide bonds. The van der Waals surface area contributed by atoms with Crippen molar-refractivity contribution in [3.8, 4) is 0 Å². The molecule has 0 bridgehead atoms. The highest BCUT2D eigenvalue weighted by Gasteiger charge is 2.27. The molecule has 1 unspecified atom stereocenters. The molecule has 0 saturated heterocycles. The number of quaternary nitrogens is 1. The summed E-state index contributed by atoms with van der Waals surface area (Å²) < 4.78 is 34.3. The number of allylic oxidation sites excluding steroid dienone is 8. The van der Waals surface area contributed by atoms with Crippen LogP contribution in [-0.4, -0.2) is 74.9 Å². The van der Waals surface area contributed by atoms with Crippen LogP contribution in [0.4, 0.5) is 0 Å². The van der Waals surface area contributed by atoms with E-state index >= 15 is 0 Å². The third-order valence-electron chi connectivity index (χ3n) is 9.83. The Morgan fingerprint density at radius 3 is 1.43 bits per heavy atom. The first-order valence-corrected chi connectivity index (χ1v) is 24.9. The van der Waals surface area contributed by atoms with Gasteiger partial charge in [0.2, 0.25) is 0 Å². The van der Waals surface area contributed by atoms with Crippen LogP contribution < -0.4 is 0 Å². The molecule has 0 spiro atoms. The van der Waals surface area contributed by atoms with E-state index in [-0.39, 0.29) is 32.0 Å². The average molecular weight is 839 g/mol. The van der Waals surface area contributed by atoms with Gasteiger partial charge in [-0.25, -0.2) is 4.57 Å². The van der Waals surface area contributed by atoms with Crippen LogP contribution in [0.2, 0.25) is 0 Å². The lowest BCUT2D eigenvalue weighted by molar-refractivity contribution is -0.870. The topological polar surface area (TPSA) is 108 Å². The molecule has 0 aromatic carbocycles. The van der Waals surface area contributed by atoms with E-state index in [1.165, 1.54) is 89.9 Å². The standard InChI is InChI=1S/C48H88NO8P/c1-6-8-10-12-14-16-18-20-22-24-26-28-30-32-34-36-38-40-47(50)54-44-46(45-56-58(52,53)55-43-42-49(3,4)5)57-48(51)41-39-37-35-33-31-29-27-25-23-21-19-17-15-13-11-9-7-2/h15,17,20-23,27,29,46H,6-14,16,18-19,24-26,28,30-45H2,1-5H3/p+1/b17-15-,22-20-,23-21-,29-27-/t46-/m1/s1. The van der Waals surface area contributed by atoms with Gasteiger partial charge in [-0.15, -0.1) is 0 Å². The molecule has 1 N–H and O–H groups in total. The SMILES string of the molecule is CCCCC/C=C\C/C=C\C/C=C\CCCCCCC(=O)O[C@H](COC(=O)CCCCCCCCC/C=C\CCCCCCCC)COP(=O)(O)OCC[N+](C)(C)C. The van der Waals surface area contributed by atoms with Gasteiger partial charge in [-0.2, -0.15) is 0 Å². The van der Waals surface area contributed by atoms with Gasteiger partial charge in [-0.3, -0.25) is 18.6 Å². The van der Waals surface area contributed by atoms with Crippen LogP contribution in [0.1, 0.15) is 194 Å². The molecule has 0 saturated carbocycles. The average Bonchev–Trinajstić information content (AvgIpc) is 3.17. The lowest BCUT2D eigenvalue weighted by atomic mass is 10.1. The van der Waals surface area contributed by atoms with E-state index < -0.39 is 26.5 Å². The third kappa shape index (κ3) is 43.5. The molecule has 0 radical (unpaired) electrons. The monoisotopic (exact) mass is 839 g/mol. The summed E-state index contributed by atoms with van der Waals surface area (Å²) in [7, 11) is 1.46. The number of rotatable bonds is 42. The number of ether oxygens (including phenoxy) is 2. The molecule has 0 rings (SSSR count). The summed E-state index contributed by atoms with van der Waals surface area (Å²) in [5.74, 6) is -0.828. The van der Waals surface area contributed by atoms with E-state index in [1.807, 2.05) is 21.1 Å². The molecule has 9 nitrogen and oxygen atoms in total. The number of phosphoric ester groups is 1. The fraction of sp³-hybridized carbons (Fsp3) is 0.792. The van der Waals surface area contributed by atoms with Crippen molar-refractivity contribution in [1.29, 1.82) is 0 Å². The number of carbonyl (C=O) groups is 2. The van der Waals surface area contributed by atoms with Gasteiger partial charge in [0.15, 0.2) is 6.10 Å². The van der Waals surface area contributed by atoms with Crippen LogP contribution >= 0.6 is 7.82 Å². The maximum Gasteiger partial charge on any atom is 0.472 e. The zero-order valence-electron chi connectivity index (χ0n) is 38.0. The van der Waals surface area contributed by atoms with Gasteiger partial charge in [0.25, 0.3) is 0 Å². The quantitative estimate of drug-likeness (QED) is 0.0213. The molecule has 0 aliphatic carbocycles. The van der Waals surface area contributed by atoms with Crippen molar-refractivity contribution in [2.24, 2.45) is 0 Å².